The molecule has 0 radical (unpaired) electrons. The van der Waals surface area contributed by atoms with E-state index in [9.17, 15) is 0 Å². The van der Waals surface area contributed by atoms with E-state index in [0.29, 0.717) is 11.3 Å². The standard InChI is InChI=1S/C10H23NOS/c1-5-12-9(8-11)6-7-13-10(2,3)4/h9H,5-8,11H2,1-4H3. The maximum Gasteiger partial charge on any atom is 0.0705 e. The van der Waals surface area contributed by atoms with Crippen molar-refractivity contribution in [2.45, 2.75) is 45.0 Å². The molecule has 0 aromatic rings. The summed E-state index contributed by atoms with van der Waals surface area (Å²) < 4.78 is 5.82. The van der Waals surface area contributed by atoms with Crippen molar-refractivity contribution in [2.24, 2.45) is 5.73 Å². The minimum absolute atomic E-state index is 0.250. The van der Waals surface area contributed by atoms with Crippen LogP contribution in [-0.4, -0.2) is 29.8 Å². The molecule has 0 aliphatic carbocycles. The van der Waals surface area contributed by atoms with Gasteiger partial charge in [-0.3, -0.25) is 0 Å². The molecule has 1 unspecified atom stereocenters. The molecule has 0 spiro atoms. The molecule has 0 bridgehead atoms. The van der Waals surface area contributed by atoms with Crippen molar-refractivity contribution in [3.63, 3.8) is 0 Å². The maximum atomic E-state index is 5.57. The average molecular weight is 205 g/mol. The molecule has 80 valence electrons. The third kappa shape index (κ3) is 8.60. The van der Waals surface area contributed by atoms with Crippen LogP contribution >= 0.6 is 11.8 Å². The van der Waals surface area contributed by atoms with Crippen molar-refractivity contribution in [1.82, 2.24) is 0 Å². The van der Waals surface area contributed by atoms with Crippen LogP contribution in [0.3, 0.4) is 0 Å². The molecule has 0 aliphatic heterocycles. The molecular formula is C10H23NOS. The first-order valence-electron chi connectivity index (χ1n) is 4.95. The Balaban J connectivity index is 3.49. The zero-order chi connectivity index (χ0) is 10.3. The van der Waals surface area contributed by atoms with Crippen LogP contribution in [0.1, 0.15) is 34.1 Å². The summed E-state index contributed by atoms with van der Waals surface area (Å²) in [6.07, 6.45) is 1.31. The largest absolute Gasteiger partial charge is 0.377 e. The van der Waals surface area contributed by atoms with Crippen molar-refractivity contribution < 1.29 is 4.74 Å². The molecule has 2 nitrogen and oxygen atoms in total. The first-order valence-corrected chi connectivity index (χ1v) is 5.93. The molecule has 13 heavy (non-hydrogen) atoms. The van der Waals surface area contributed by atoms with Crippen LogP contribution in [0, 0.1) is 0 Å². The lowest BCUT2D eigenvalue weighted by Gasteiger charge is -2.20. The quantitative estimate of drug-likeness (QED) is 0.722. The fourth-order valence-corrected chi connectivity index (χ4v) is 1.99. The molecule has 1 atom stereocenters. The molecular weight excluding hydrogens is 182 g/mol. The van der Waals surface area contributed by atoms with Gasteiger partial charge in [-0.15, -0.1) is 0 Å². The monoisotopic (exact) mass is 205 g/mol. The zero-order valence-corrected chi connectivity index (χ0v) is 10.1. The molecule has 0 rings (SSSR count). The van der Waals surface area contributed by atoms with E-state index >= 15 is 0 Å². The van der Waals surface area contributed by atoms with Crippen LogP contribution in [0.5, 0.6) is 0 Å². The van der Waals surface area contributed by atoms with Crippen molar-refractivity contribution >= 4 is 11.8 Å². The summed E-state index contributed by atoms with van der Waals surface area (Å²) in [5.41, 5.74) is 5.57. The van der Waals surface area contributed by atoms with E-state index < -0.39 is 0 Å². The van der Waals surface area contributed by atoms with Crippen LogP contribution < -0.4 is 5.73 Å². The van der Waals surface area contributed by atoms with Gasteiger partial charge in [-0.25, -0.2) is 0 Å². The van der Waals surface area contributed by atoms with Gasteiger partial charge >= 0.3 is 0 Å². The molecule has 0 aromatic carbocycles. The zero-order valence-electron chi connectivity index (χ0n) is 9.30. The Hall–Kier alpha value is 0.270. The summed E-state index contributed by atoms with van der Waals surface area (Å²) in [4.78, 5) is 0. The fraction of sp³-hybridized carbons (Fsp3) is 1.00. The smallest absolute Gasteiger partial charge is 0.0705 e. The van der Waals surface area contributed by atoms with Crippen LogP contribution in [0.2, 0.25) is 0 Å². The van der Waals surface area contributed by atoms with E-state index in [1.165, 1.54) is 0 Å². The fourth-order valence-electron chi connectivity index (χ4n) is 1.00. The Kier molecular flexibility index (Phi) is 6.82. The highest BCUT2D eigenvalue weighted by atomic mass is 32.2. The van der Waals surface area contributed by atoms with Gasteiger partial charge in [0.25, 0.3) is 0 Å². The highest BCUT2D eigenvalue weighted by Crippen LogP contribution is 2.24. The lowest BCUT2D eigenvalue weighted by atomic mass is 10.2. The number of hydrogen-bond donors (Lipinski definition) is 1. The SMILES string of the molecule is CCOC(CN)CCSC(C)(C)C. The summed E-state index contributed by atoms with van der Waals surface area (Å²) in [5.74, 6) is 1.13. The van der Waals surface area contributed by atoms with Gasteiger partial charge in [0.15, 0.2) is 0 Å². The Bertz CT molecular complexity index is 123. The second-order valence-electron chi connectivity index (χ2n) is 4.06. The second-order valence-corrected chi connectivity index (χ2v) is 5.98. The van der Waals surface area contributed by atoms with Crippen LogP contribution in [0.15, 0.2) is 0 Å². The van der Waals surface area contributed by atoms with Gasteiger partial charge in [0.1, 0.15) is 0 Å². The second kappa shape index (κ2) is 6.68. The summed E-state index contributed by atoms with van der Waals surface area (Å²) in [7, 11) is 0. The van der Waals surface area contributed by atoms with Crippen LogP contribution in [-0.2, 0) is 4.74 Å². The molecule has 0 saturated carbocycles. The summed E-state index contributed by atoms with van der Waals surface area (Å²) in [5, 5.41) is 0. The van der Waals surface area contributed by atoms with E-state index in [0.717, 1.165) is 18.8 Å². The lowest BCUT2D eigenvalue weighted by Crippen LogP contribution is -2.25. The summed E-state index contributed by atoms with van der Waals surface area (Å²) >= 11 is 1.97. The molecule has 2 N–H and O–H groups in total. The molecule has 0 aliphatic rings. The minimum Gasteiger partial charge on any atom is -0.377 e. The number of rotatable bonds is 6. The third-order valence-electron chi connectivity index (χ3n) is 1.64. The van der Waals surface area contributed by atoms with Gasteiger partial charge in [-0.1, -0.05) is 20.8 Å². The van der Waals surface area contributed by atoms with E-state index in [1.807, 2.05) is 18.7 Å². The predicted molar refractivity (Wildman–Crippen MR) is 61.3 cm³/mol. The molecule has 0 aromatic heterocycles. The van der Waals surface area contributed by atoms with E-state index in [4.69, 9.17) is 10.5 Å². The van der Waals surface area contributed by atoms with E-state index in [2.05, 4.69) is 20.8 Å². The van der Waals surface area contributed by atoms with Crippen molar-refractivity contribution in [2.75, 3.05) is 18.9 Å². The first kappa shape index (κ1) is 13.3. The topological polar surface area (TPSA) is 35.2 Å². The number of thioether (sulfide) groups is 1. The van der Waals surface area contributed by atoms with Gasteiger partial charge < -0.3 is 10.5 Å². The molecule has 0 saturated heterocycles. The van der Waals surface area contributed by atoms with Crippen LogP contribution in [0.4, 0.5) is 0 Å². The Morgan fingerprint density at radius 3 is 2.38 bits per heavy atom. The number of hydrogen-bond acceptors (Lipinski definition) is 3. The first-order chi connectivity index (χ1) is 5.99. The average Bonchev–Trinajstić information content (AvgIpc) is 2.01. The van der Waals surface area contributed by atoms with Gasteiger partial charge in [-0.05, 0) is 19.1 Å². The summed E-state index contributed by atoms with van der Waals surface area (Å²) in [6, 6.07) is 0. The van der Waals surface area contributed by atoms with Crippen LogP contribution in [0.25, 0.3) is 0 Å². The molecule has 0 fully saturated rings. The maximum absolute atomic E-state index is 5.57. The van der Waals surface area contributed by atoms with Crippen molar-refractivity contribution in [3.8, 4) is 0 Å². The Morgan fingerprint density at radius 1 is 1.38 bits per heavy atom. The molecule has 0 heterocycles. The van der Waals surface area contributed by atoms with Crippen molar-refractivity contribution in [3.05, 3.63) is 0 Å². The highest BCUT2D eigenvalue weighted by molar-refractivity contribution is 8.00. The van der Waals surface area contributed by atoms with E-state index in [-0.39, 0.29) is 6.10 Å². The van der Waals surface area contributed by atoms with Gasteiger partial charge in [0.2, 0.25) is 0 Å². The Labute approximate surface area is 86.6 Å². The van der Waals surface area contributed by atoms with Gasteiger partial charge in [0.05, 0.1) is 6.10 Å². The number of ether oxygens (including phenoxy) is 1. The normalized spacial score (nSPS) is 14.5. The predicted octanol–water partition coefficient (Wildman–Crippen LogP) is 2.27. The van der Waals surface area contributed by atoms with Gasteiger partial charge in [-0.2, -0.15) is 11.8 Å². The highest BCUT2D eigenvalue weighted by Gasteiger charge is 2.12. The van der Waals surface area contributed by atoms with E-state index in [1.54, 1.807) is 0 Å². The number of nitrogens with two attached hydrogens (primary N) is 1. The third-order valence-corrected chi connectivity index (χ3v) is 2.95. The molecule has 3 heteroatoms. The summed E-state index contributed by atoms with van der Waals surface area (Å²) in [6.45, 7) is 10.1. The van der Waals surface area contributed by atoms with Gasteiger partial charge in [0, 0.05) is 17.9 Å². The lowest BCUT2D eigenvalue weighted by molar-refractivity contribution is 0.0674. The minimum atomic E-state index is 0.250. The molecule has 0 amide bonds. The Morgan fingerprint density at radius 2 is 2.00 bits per heavy atom. The van der Waals surface area contributed by atoms with Crippen molar-refractivity contribution in [1.29, 1.82) is 0 Å².